The Morgan fingerprint density at radius 2 is 1.82 bits per heavy atom. The van der Waals surface area contributed by atoms with E-state index in [0.29, 0.717) is 41.9 Å². The minimum absolute atomic E-state index is 0.111. The van der Waals surface area contributed by atoms with Crippen molar-refractivity contribution in [2.45, 2.75) is 45.6 Å². The molecule has 0 saturated carbocycles. The molecule has 2 aliphatic rings. The Morgan fingerprint density at radius 1 is 1.08 bits per heavy atom. The summed E-state index contributed by atoms with van der Waals surface area (Å²) in [7, 11) is 0. The number of H-pyrrole nitrogens is 1. The van der Waals surface area contributed by atoms with E-state index in [2.05, 4.69) is 20.1 Å². The van der Waals surface area contributed by atoms with E-state index in [1.807, 2.05) is 29.6 Å². The van der Waals surface area contributed by atoms with Crippen molar-refractivity contribution in [2.24, 2.45) is 5.41 Å². The van der Waals surface area contributed by atoms with Crippen LogP contribution in [-0.4, -0.2) is 65.5 Å². The Labute approximate surface area is 218 Å². The number of benzene rings is 1. The van der Waals surface area contributed by atoms with Crippen LogP contribution in [0.5, 0.6) is 0 Å². The molecule has 1 amide bonds. The number of hydrogen-bond donors (Lipinski definition) is 2. The van der Waals surface area contributed by atoms with Gasteiger partial charge in [0.25, 0.3) is 5.91 Å². The highest BCUT2D eigenvalue weighted by Gasteiger charge is 2.43. The number of fused-ring (bicyclic) bond motifs is 2. The highest BCUT2D eigenvalue weighted by molar-refractivity contribution is 6.00. The van der Waals surface area contributed by atoms with Crippen LogP contribution in [0.4, 0.5) is 0 Å². The van der Waals surface area contributed by atoms with Gasteiger partial charge in [0.2, 0.25) is 0 Å². The van der Waals surface area contributed by atoms with Crippen LogP contribution in [0.3, 0.4) is 0 Å². The van der Waals surface area contributed by atoms with Gasteiger partial charge in [-0.15, -0.1) is 0 Å². The zero-order valence-corrected chi connectivity index (χ0v) is 21.3. The van der Waals surface area contributed by atoms with Crippen molar-refractivity contribution in [3.05, 3.63) is 65.4 Å². The minimum Gasteiger partial charge on any atom is -0.478 e. The van der Waals surface area contributed by atoms with Crippen molar-refractivity contribution < 1.29 is 19.5 Å². The topological polar surface area (TPSA) is 134 Å². The van der Waals surface area contributed by atoms with E-state index in [9.17, 15) is 19.5 Å². The fourth-order valence-corrected chi connectivity index (χ4v) is 5.87. The van der Waals surface area contributed by atoms with Crippen LogP contribution >= 0.6 is 0 Å². The van der Waals surface area contributed by atoms with Crippen LogP contribution in [0.2, 0.25) is 0 Å². The fraction of sp³-hybridized carbons (Fsp3) is 0.357. The molecule has 0 unspecified atom stereocenters. The number of amides is 1. The van der Waals surface area contributed by atoms with Crippen LogP contribution in [0.1, 0.15) is 76.1 Å². The number of Topliss-reactive ketones (excluding diaryl/α,β-unsaturated/α-hetero) is 1. The van der Waals surface area contributed by atoms with E-state index in [-0.39, 0.29) is 28.7 Å². The Balaban J connectivity index is 1.20. The molecule has 0 radical (unpaired) electrons. The van der Waals surface area contributed by atoms with Crippen LogP contribution < -0.4 is 0 Å². The highest BCUT2D eigenvalue weighted by Crippen LogP contribution is 2.44. The van der Waals surface area contributed by atoms with Gasteiger partial charge in [0, 0.05) is 36.7 Å². The molecule has 1 aliphatic heterocycles. The summed E-state index contributed by atoms with van der Waals surface area (Å²) in [4.78, 5) is 51.5. The van der Waals surface area contributed by atoms with Crippen molar-refractivity contribution in [3.8, 4) is 11.3 Å². The lowest BCUT2D eigenvalue weighted by atomic mass is 9.67. The second-order valence-electron chi connectivity index (χ2n) is 10.7. The van der Waals surface area contributed by atoms with Gasteiger partial charge in [-0.3, -0.25) is 14.3 Å². The maximum atomic E-state index is 13.4. The number of nitrogens with zero attached hydrogens (tertiary/aromatic N) is 5. The Hall–Kier alpha value is -4.34. The van der Waals surface area contributed by atoms with Crippen molar-refractivity contribution in [1.29, 1.82) is 0 Å². The van der Waals surface area contributed by atoms with Crippen molar-refractivity contribution in [2.75, 3.05) is 13.1 Å². The summed E-state index contributed by atoms with van der Waals surface area (Å²) in [5.41, 5.74) is 4.82. The molecular weight excluding hydrogens is 484 g/mol. The predicted molar refractivity (Wildman–Crippen MR) is 139 cm³/mol. The van der Waals surface area contributed by atoms with Gasteiger partial charge in [-0.2, -0.15) is 5.10 Å². The van der Waals surface area contributed by atoms with Crippen molar-refractivity contribution >= 4 is 28.7 Å². The maximum Gasteiger partial charge on any atom is 0.335 e. The van der Waals surface area contributed by atoms with Gasteiger partial charge in [0.1, 0.15) is 17.7 Å². The zero-order valence-electron chi connectivity index (χ0n) is 21.3. The zero-order chi connectivity index (χ0) is 26.6. The maximum absolute atomic E-state index is 13.4. The molecule has 0 atom stereocenters. The average molecular weight is 513 g/mol. The first kappa shape index (κ1) is 24.0. The van der Waals surface area contributed by atoms with Crippen molar-refractivity contribution in [1.82, 2.24) is 29.6 Å². The second kappa shape index (κ2) is 8.90. The quantitative estimate of drug-likeness (QED) is 0.419. The number of nitrogens with one attached hydrogen (secondary N) is 1. The normalized spacial score (nSPS) is 16.8. The number of carbonyl (C=O) groups is 3. The number of aromatic amines is 1. The number of carboxylic acid groups (broad SMARTS) is 1. The van der Waals surface area contributed by atoms with E-state index >= 15 is 0 Å². The third-order valence-corrected chi connectivity index (χ3v) is 7.89. The molecule has 3 aromatic heterocycles. The fourth-order valence-electron chi connectivity index (χ4n) is 5.87. The van der Waals surface area contributed by atoms with Gasteiger partial charge in [0.15, 0.2) is 5.78 Å². The molecule has 1 fully saturated rings. The van der Waals surface area contributed by atoms with Gasteiger partial charge in [-0.1, -0.05) is 12.1 Å². The SMILES string of the molecule is CC(C)n1ncc2c1C(=O)CC1(CCN(C(=O)c3cc4ncnc(-c5ccc(C(=O)O)cc5)c4[nH]3)CC1)C2. The molecule has 1 saturated heterocycles. The molecule has 1 aliphatic carbocycles. The van der Waals surface area contributed by atoms with Crippen LogP contribution in [0.15, 0.2) is 42.9 Å². The van der Waals surface area contributed by atoms with Crippen LogP contribution in [0.25, 0.3) is 22.3 Å². The molecule has 10 heteroatoms. The monoisotopic (exact) mass is 512 g/mol. The van der Waals surface area contributed by atoms with Gasteiger partial charge in [0.05, 0.1) is 28.5 Å². The molecule has 194 valence electrons. The Kier molecular flexibility index (Phi) is 5.62. The first-order valence-corrected chi connectivity index (χ1v) is 12.8. The summed E-state index contributed by atoms with van der Waals surface area (Å²) in [5.74, 6) is -0.958. The first-order valence-electron chi connectivity index (χ1n) is 12.8. The molecule has 2 N–H and O–H groups in total. The summed E-state index contributed by atoms with van der Waals surface area (Å²) < 4.78 is 1.83. The molecule has 0 bridgehead atoms. The number of likely N-dealkylation sites (tertiary alicyclic amines) is 1. The molecule has 4 aromatic rings. The third kappa shape index (κ3) is 3.96. The Morgan fingerprint density at radius 3 is 2.50 bits per heavy atom. The number of ketones is 1. The lowest BCUT2D eigenvalue weighted by Crippen LogP contribution is -2.46. The van der Waals surface area contributed by atoms with Crippen LogP contribution in [0, 0.1) is 5.41 Å². The van der Waals surface area contributed by atoms with Crippen LogP contribution in [-0.2, 0) is 6.42 Å². The first-order chi connectivity index (χ1) is 18.2. The van der Waals surface area contributed by atoms with Gasteiger partial charge >= 0.3 is 5.97 Å². The van der Waals surface area contributed by atoms with Crippen molar-refractivity contribution in [3.63, 3.8) is 0 Å². The molecule has 38 heavy (non-hydrogen) atoms. The van der Waals surface area contributed by atoms with E-state index in [0.717, 1.165) is 36.1 Å². The number of aromatic nitrogens is 5. The summed E-state index contributed by atoms with van der Waals surface area (Å²) in [6, 6.07) is 8.31. The lowest BCUT2D eigenvalue weighted by molar-refractivity contribution is 0.0513. The second-order valence-corrected chi connectivity index (χ2v) is 10.7. The standard InChI is InChI=1S/C28H28N6O4/c1-16(2)34-25-19(14-31-34)12-28(13-22(25)35)7-9-33(10-8-28)26(36)21-11-20-24(32-21)23(30-15-29-20)17-3-5-18(6-4-17)27(37)38/h3-6,11,14-16,32H,7-10,12-13H2,1-2H3,(H,37,38). The molecule has 6 rings (SSSR count). The molecule has 4 heterocycles. The third-order valence-electron chi connectivity index (χ3n) is 7.89. The molecule has 1 spiro atoms. The van der Waals surface area contributed by atoms with Gasteiger partial charge in [-0.25, -0.2) is 14.8 Å². The van der Waals surface area contributed by atoms with Gasteiger partial charge in [-0.05, 0) is 56.7 Å². The molecular formula is C28H28N6O4. The smallest absolute Gasteiger partial charge is 0.335 e. The number of rotatable bonds is 4. The summed E-state index contributed by atoms with van der Waals surface area (Å²) in [6.07, 6.45) is 6.10. The number of carboxylic acids is 1. The summed E-state index contributed by atoms with van der Waals surface area (Å²) in [5, 5.41) is 13.6. The predicted octanol–water partition coefficient (Wildman–Crippen LogP) is 4.15. The minimum atomic E-state index is -0.996. The lowest BCUT2D eigenvalue weighted by Gasteiger charge is -2.43. The summed E-state index contributed by atoms with van der Waals surface area (Å²) in [6.45, 7) is 5.21. The summed E-state index contributed by atoms with van der Waals surface area (Å²) >= 11 is 0. The average Bonchev–Trinajstić information content (AvgIpc) is 3.53. The van der Waals surface area contributed by atoms with E-state index < -0.39 is 5.97 Å². The number of aromatic carboxylic acids is 1. The largest absolute Gasteiger partial charge is 0.478 e. The number of carbonyl (C=O) groups excluding carboxylic acids is 2. The Bertz CT molecular complexity index is 1570. The molecule has 10 nitrogen and oxygen atoms in total. The number of piperidine rings is 1. The van der Waals surface area contributed by atoms with E-state index in [1.165, 1.54) is 18.5 Å². The highest BCUT2D eigenvalue weighted by atomic mass is 16.4. The van der Waals surface area contributed by atoms with E-state index in [4.69, 9.17) is 0 Å². The van der Waals surface area contributed by atoms with E-state index in [1.54, 1.807) is 18.2 Å². The van der Waals surface area contributed by atoms with Gasteiger partial charge < -0.3 is 15.0 Å². The number of hydrogen-bond acceptors (Lipinski definition) is 6. The molecule has 1 aromatic carbocycles.